The molecule has 1 amide bonds. The molecule has 2 N–H and O–H groups in total. The zero-order valence-electron chi connectivity index (χ0n) is 16.7. The Hall–Kier alpha value is -4.08. The number of hydrogen-bond donors (Lipinski definition) is 2. The maximum atomic E-state index is 13.4. The van der Waals surface area contributed by atoms with Crippen LogP contribution >= 0.6 is 0 Å². The fourth-order valence-electron chi connectivity index (χ4n) is 3.06. The highest BCUT2D eigenvalue weighted by molar-refractivity contribution is 6.04. The number of aromatic nitrogens is 2. The number of carbonyl (C=O) groups excluding carboxylic acids is 1. The van der Waals surface area contributed by atoms with Gasteiger partial charge in [0.2, 0.25) is 0 Å². The van der Waals surface area contributed by atoms with Crippen LogP contribution in [0.2, 0.25) is 0 Å². The fourth-order valence-corrected chi connectivity index (χ4v) is 3.06. The van der Waals surface area contributed by atoms with Crippen LogP contribution in [0.5, 0.6) is 5.75 Å². The maximum Gasteiger partial charge on any atom is 0.255 e. The number of aliphatic imine (C=N–C) groups is 1. The van der Waals surface area contributed by atoms with Crippen LogP contribution in [0.3, 0.4) is 0 Å². The van der Waals surface area contributed by atoms with Crippen LogP contribution in [0, 0.1) is 5.82 Å². The lowest BCUT2D eigenvalue weighted by molar-refractivity contribution is 0.102. The van der Waals surface area contributed by atoms with Crippen molar-refractivity contribution in [1.82, 2.24) is 15.2 Å². The number of nitrogens with one attached hydrogen (secondary N) is 2. The average Bonchev–Trinajstić information content (AvgIpc) is 3.43. The first-order chi connectivity index (χ1) is 15.1. The average molecular weight is 421 g/mol. The molecule has 0 aliphatic carbocycles. The summed E-state index contributed by atoms with van der Waals surface area (Å²) in [7, 11) is 1.82. The number of rotatable bonds is 7. The van der Waals surface area contributed by atoms with E-state index in [0.717, 1.165) is 11.3 Å². The molecule has 3 aromatic rings. The number of ether oxygens (including phenoxy) is 1. The molecule has 0 bridgehead atoms. The van der Waals surface area contributed by atoms with Crippen LogP contribution in [-0.4, -0.2) is 41.2 Å². The van der Waals surface area contributed by atoms with Crippen molar-refractivity contribution >= 4 is 17.4 Å². The van der Waals surface area contributed by atoms with Crippen molar-refractivity contribution in [2.45, 2.75) is 0 Å². The minimum Gasteiger partial charge on any atom is -0.491 e. The van der Waals surface area contributed by atoms with E-state index >= 15 is 0 Å². The van der Waals surface area contributed by atoms with Gasteiger partial charge in [0.1, 0.15) is 30.6 Å². The Bertz CT molecular complexity index is 1150. The molecule has 0 saturated carbocycles. The largest absolute Gasteiger partial charge is 0.491 e. The van der Waals surface area contributed by atoms with E-state index in [-0.39, 0.29) is 5.56 Å². The zero-order valence-corrected chi connectivity index (χ0v) is 16.7. The van der Waals surface area contributed by atoms with E-state index in [1.54, 1.807) is 35.1 Å². The lowest BCUT2D eigenvalue weighted by atomic mass is 10.1. The monoisotopic (exact) mass is 421 g/mol. The zero-order chi connectivity index (χ0) is 21.6. The summed E-state index contributed by atoms with van der Waals surface area (Å²) in [5.41, 5.74) is 5.08. The van der Waals surface area contributed by atoms with Crippen LogP contribution < -0.4 is 15.5 Å². The van der Waals surface area contributed by atoms with Crippen LogP contribution in [0.1, 0.15) is 10.4 Å². The highest BCUT2D eigenvalue weighted by Gasteiger charge is 2.14. The van der Waals surface area contributed by atoms with Gasteiger partial charge in [-0.1, -0.05) is 11.3 Å². The first kappa shape index (κ1) is 20.2. The molecule has 2 aromatic carbocycles. The van der Waals surface area contributed by atoms with E-state index in [1.807, 2.05) is 13.1 Å². The lowest BCUT2D eigenvalue weighted by Gasteiger charge is -2.14. The molecule has 1 aliphatic heterocycles. The van der Waals surface area contributed by atoms with Crippen molar-refractivity contribution in [1.29, 1.82) is 0 Å². The molecule has 1 aromatic heterocycles. The maximum absolute atomic E-state index is 13.4. The number of carbonyl (C=O) groups is 1. The van der Waals surface area contributed by atoms with Crippen LogP contribution in [-0.2, 0) is 7.05 Å². The van der Waals surface area contributed by atoms with Gasteiger partial charge in [0, 0.05) is 30.1 Å². The summed E-state index contributed by atoms with van der Waals surface area (Å²) in [6.45, 7) is 1.24. The van der Waals surface area contributed by atoms with Gasteiger partial charge < -0.3 is 10.1 Å². The van der Waals surface area contributed by atoms with Crippen molar-refractivity contribution in [3.63, 3.8) is 0 Å². The molecule has 1 aliphatic rings. The summed E-state index contributed by atoms with van der Waals surface area (Å²) < 4.78 is 21.1. The summed E-state index contributed by atoms with van der Waals surface area (Å²) in [5, 5.41) is 14.5. The first-order valence-corrected chi connectivity index (χ1v) is 9.58. The predicted molar refractivity (Wildman–Crippen MR) is 114 cm³/mol. The molecule has 31 heavy (non-hydrogen) atoms. The Morgan fingerprint density at radius 1 is 1.29 bits per heavy atom. The minimum absolute atomic E-state index is 0.237. The highest BCUT2D eigenvalue weighted by Crippen LogP contribution is 2.32. The minimum atomic E-state index is -0.467. The van der Waals surface area contributed by atoms with Gasteiger partial charge in [-0.2, -0.15) is 10.2 Å². The molecule has 9 nitrogen and oxygen atoms in total. The lowest BCUT2D eigenvalue weighted by Crippen LogP contribution is -2.16. The number of aryl methyl sites for hydroxylation is 1. The van der Waals surface area contributed by atoms with Gasteiger partial charge in [0.15, 0.2) is 0 Å². The molecule has 0 saturated heterocycles. The molecule has 10 heteroatoms. The summed E-state index contributed by atoms with van der Waals surface area (Å²) in [4.78, 5) is 16.8. The molecule has 0 fully saturated rings. The number of benzene rings is 2. The normalized spacial score (nSPS) is 13.9. The molecule has 0 radical (unpaired) electrons. The predicted octanol–water partition coefficient (Wildman–Crippen LogP) is 3.23. The van der Waals surface area contributed by atoms with Crippen molar-refractivity contribution in [3.8, 4) is 17.0 Å². The van der Waals surface area contributed by atoms with Crippen molar-refractivity contribution < 1.29 is 13.9 Å². The number of hydrogen-bond acceptors (Lipinski definition) is 6. The van der Waals surface area contributed by atoms with Gasteiger partial charge in [0.25, 0.3) is 5.91 Å². The number of anilines is 1. The molecular formula is C21H20FN7O2. The third-order valence-electron chi connectivity index (χ3n) is 4.54. The molecule has 0 atom stereocenters. The third-order valence-corrected chi connectivity index (χ3v) is 4.54. The summed E-state index contributed by atoms with van der Waals surface area (Å²) >= 11 is 0. The Balaban J connectivity index is 1.52. The number of halogens is 1. The summed E-state index contributed by atoms with van der Waals surface area (Å²) in [5.74, 6) is 0.456. The Morgan fingerprint density at radius 2 is 2.19 bits per heavy atom. The van der Waals surface area contributed by atoms with E-state index in [1.165, 1.54) is 18.2 Å². The third kappa shape index (κ3) is 4.92. The molecular weight excluding hydrogens is 401 g/mol. The number of amides is 1. The van der Waals surface area contributed by atoms with Gasteiger partial charge in [-0.05, 0) is 42.5 Å². The molecule has 158 valence electrons. The Morgan fingerprint density at radius 3 is 2.94 bits per heavy atom. The van der Waals surface area contributed by atoms with E-state index in [2.05, 4.69) is 31.2 Å². The fraction of sp³-hybridized carbons (Fsp3) is 0.190. The van der Waals surface area contributed by atoms with E-state index in [4.69, 9.17) is 4.74 Å². The summed E-state index contributed by atoms with van der Waals surface area (Å²) in [6, 6.07) is 12.7. The van der Waals surface area contributed by atoms with Gasteiger partial charge in [-0.25, -0.2) is 9.82 Å². The number of nitrogens with zero attached hydrogens (tertiary/aromatic N) is 5. The Kier molecular flexibility index (Phi) is 5.97. The first-order valence-electron chi connectivity index (χ1n) is 9.58. The second-order valence-corrected chi connectivity index (χ2v) is 6.70. The molecule has 4 rings (SSSR count). The molecule has 0 unspecified atom stereocenters. The van der Waals surface area contributed by atoms with Crippen LogP contribution in [0.4, 0.5) is 10.1 Å². The topological polar surface area (TPSA) is 105 Å². The second kappa shape index (κ2) is 9.16. The Labute approximate surface area is 177 Å². The number of amidine groups is 1. The van der Waals surface area contributed by atoms with Gasteiger partial charge in [-0.15, -0.1) is 0 Å². The van der Waals surface area contributed by atoms with Gasteiger partial charge in [0.05, 0.1) is 12.2 Å². The SMILES string of the molecule is Cn1nccc1-c1cc(NC(=O)c2cccc(F)c2)ccc1OCCN=C1CN=NN1. The van der Waals surface area contributed by atoms with Crippen LogP contribution in [0.25, 0.3) is 11.3 Å². The smallest absolute Gasteiger partial charge is 0.255 e. The molecule has 2 heterocycles. The second-order valence-electron chi connectivity index (χ2n) is 6.70. The van der Waals surface area contributed by atoms with Crippen molar-refractivity contribution in [2.75, 3.05) is 25.0 Å². The van der Waals surface area contributed by atoms with E-state index in [9.17, 15) is 9.18 Å². The van der Waals surface area contributed by atoms with Crippen molar-refractivity contribution in [3.05, 3.63) is 66.1 Å². The summed E-state index contributed by atoms with van der Waals surface area (Å²) in [6.07, 6.45) is 1.68. The van der Waals surface area contributed by atoms with E-state index in [0.29, 0.717) is 37.0 Å². The van der Waals surface area contributed by atoms with Gasteiger partial charge >= 0.3 is 0 Å². The van der Waals surface area contributed by atoms with Crippen LogP contribution in [0.15, 0.2) is 70.1 Å². The standard InChI is InChI=1S/C21H20FN7O2/c1-29-18(7-8-25-29)17-12-16(26-21(30)14-3-2-4-15(22)11-14)5-6-19(17)31-10-9-23-20-13-24-28-27-20/h2-8,11-12H,9-10,13H2,1H3,(H,26,30)(H,23,24,27). The quantitative estimate of drug-likeness (QED) is 0.572. The highest BCUT2D eigenvalue weighted by atomic mass is 19.1. The van der Waals surface area contributed by atoms with Gasteiger partial charge in [-0.3, -0.25) is 14.5 Å². The molecule has 0 spiro atoms. The van der Waals surface area contributed by atoms with E-state index < -0.39 is 11.7 Å². The van der Waals surface area contributed by atoms with Crippen molar-refractivity contribution in [2.24, 2.45) is 22.4 Å².